The van der Waals surface area contributed by atoms with Crippen LogP contribution in [-0.4, -0.2) is 59.6 Å². The third-order valence-corrected chi connectivity index (χ3v) is 6.31. The highest BCUT2D eigenvalue weighted by atomic mass is 19.4. The second-order valence-corrected chi connectivity index (χ2v) is 8.76. The molecule has 2 aromatic rings. The molecule has 3 aliphatic heterocycles. The Hall–Kier alpha value is -3.28. The smallest absolute Gasteiger partial charge is 0.475 e. The number of hydrogen-bond acceptors (Lipinski definition) is 7. The summed E-state index contributed by atoms with van der Waals surface area (Å²) in [7, 11) is 0. The zero-order valence-corrected chi connectivity index (χ0v) is 18.6. The molecule has 184 valence electrons. The van der Waals surface area contributed by atoms with Crippen LogP contribution in [0.1, 0.15) is 29.9 Å². The summed E-state index contributed by atoms with van der Waals surface area (Å²) in [6.45, 7) is 7.69. The van der Waals surface area contributed by atoms with Gasteiger partial charge in [0.1, 0.15) is 5.76 Å². The fraction of sp³-hybridized carbons (Fsp3) is 0.500. The normalized spacial score (nSPS) is 21.8. The first-order valence-electron chi connectivity index (χ1n) is 10.6. The van der Waals surface area contributed by atoms with E-state index < -0.39 is 12.1 Å². The summed E-state index contributed by atoms with van der Waals surface area (Å²) in [4.78, 5) is 26.0. The summed E-state index contributed by atoms with van der Waals surface area (Å²) in [5.41, 5.74) is 3.04. The van der Waals surface area contributed by atoms with Crippen molar-refractivity contribution in [3.63, 3.8) is 0 Å². The van der Waals surface area contributed by atoms with Gasteiger partial charge in [-0.1, -0.05) is 5.16 Å². The van der Waals surface area contributed by atoms with E-state index in [4.69, 9.17) is 23.9 Å². The number of rotatable bonds is 3. The van der Waals surface area contributed by atoms with Crippen LogP contribution in [0.15, 0.2) is 22.7 Å². The molecule has 12 heteroatoms. The first kappa shape index (κ1) is 23.9. The van der Waals surface area contributed by atoms with Crippen LogP contribution in [0, 0.1) is 19.3 Å². The van der Waals surface area contributed by atoms with Crippen LogP contribution >= 0.6 is 0 Å². The van der Waals surface area contributed by atoms with Gasteiger partial charge in [0.05, 0.1) is 5.69 Å². The molecule has 1 unspecified atom stereocenters. The number of amides is 1. The van der Waals surface area contributed by atoms with E-state index >= 15 is 0 Å². The number of carboxylic acids is 1. The number of fused-ring (bicyclic) bond motifs is 1. The number of benzene rings is 1. The van der Waals surface area contributed by atoms with E-state index in [1.54, 1.807) is 0 Å². The summed E-state index contributed by atoms with van der Waals surface area (Å²) in [5.74, 6) is -0.224. The standard InChI is InChI=1S/C20H23N3O4.C2HF3O2/c1-13-16(14(2)27-21-13)9-22-6-5-20(10-22)8-19(24)23(11-20)15-3-4-17-18(7-15)26-12-25-17;3-2(4,5)1(6)7/h3-4,7H,5-6,8-12H2,1-2H3;(H,6,7). The van der Waals surface area contributed by atoms with Gasteiger partial charge in [-0.25, -0.2) is 4.79 Å². The van der Waals surface area contributed by atoms with Crippen LogP contribution in [0.5, 0.6) is 11.5 Å². The largest absolute Gasteiger partial charge is 0.490 e. The molecule has 1 atom stereocenters. The van der Waals surface area contributed by atoms with Crippen molar-refractivity contribution in [1.82, 2.24) is 10.1 Å². The highest BCUT2D eigenvalue weighted by Crippen LogP contribution is 2.44. The SMILES string of the molecule is Cc1noc(C)c1CN1CCC2(CC(=O)N(c3ccc4c(c3)OCO4)C2)C1.O=C(O)C(F)(F)F. The van der Waals surface area contributed by atoms with Crippen LogP contribution < -0.4 is 14.4 Å². The number of carbonyl (C=O) groups excluding carboxylic acids is 1. The third kappa shape index (κ3) is 4.81. The average Bonchev–Trinajstić information content (AvgIpc) is 3.53. The fourth-order valence-corrected chi connectivity index (χ4v) is 4.57. The van der Waals surface area contributed by atoms with Gasteiger partial charge in [-0.2, -0.15) is 13.2 Å². The molecule has 1 N–H and O–H groups in total. The van der Waals surface area contributed by atoms with Gasteiger partial charge >= 0.3 is 12.1 Å². The number of ether oxygens (including phenoxy) is 2. The Kier molecular flexibility index (Phi) is 6.19. The van der Waals surface area contributed by atoms with Crippen molar-refractivity contribution >= 4 is 17.6 Å². The molecule has 2 fully saturated rings. The van der Waals surface area contributed by atoms with E-state index in [1.165, 1.54) is 5.56 Å². The van der Waals surface area contributed by atoms with Crippen LogP contribution in [0.25, 0.3) is 0 Å². The van der Waals surface area contributed by atoms with Crippen molar-refractivity contribution < 1.29 is 41.9 Å². The maximum absolute atomic E-state index is 12.8. The maximum atomic E-state index is 12.8. The summed E-state index contributed by atoms with van der Waals surface area (Å²) in [6.07, 6.45) is -3.46. The van der Waals surface area contributed by atoms with Gasteiger partial charge in [-0.05, 0) is 38.9 Å². The molecular formula is C22H24F3N3O6. The summed E-state index contributed by atoms with van der Waals surface area (Å²) in [6, 6.07) is 5.74. The lowest BCUT2D eigenvalue weighted by atomic mass is 9.86. The average molecular weight is 483 g/mol. The number of carboxylic acid groups (broad SMARTS) is 1. The minimum atomic E-state index is -5.08. The Labute approximate surface area is 193 Å². The minimum absolute atomic E-state index is 0.0203. The summed E-state index contributed by atoms with van der Waals surface area (Å²) < 4.78 is 47.9. The number of likely N-dealkylation sites (tertiary alicyclic amines) is 1. The van der Waals surface area contributed by atoms with E-state index in [1.807, 2.05) is 36.9 Å². The number of aliphatic carboxylic acids is 1. The topological polar surface area (TPSA) is 105 Å². The molecule has 0 radical (unpaired) electrons. The predicted octanol–water partition coefficient (Wildman–Crippen LogP) is 3.28. The highest BCUT2D eigenvalue weighted by Gasteiger charge is 2.48. The first-order valence-corrected chi connectivity index (χ1v) is 10.6. The van der Waals surface area contributed by atoms with E-state index in [2.05, 4.69) is 10.1 Å². The molecule has 1 aromatic carbocycles. The van der Waals surface area contributed by atoms with Gasteiger partial charge in [0, 0.05) is 48.8 Å². The van der Waals surface area contributed by atoms with Gasteiger partial charge in [0.2, 0.25) is 12.7 Å². The van der Waals surface area contributed by atoms with Crippen molar-refractivity contribution in [1.29, 1.82) is 0 Å². The maximum Gasteiger partial charge on any atom is 0.490 e. The van der Waals surface area contributed by atoms with Crippen molar-refractivity contribution in [2.75, 3.05) is 31.3 Å². The van der Waals surface area contributed by atoms with Crippen LogP contribution in [0.4, 0.5) is 18.9 Å². The molecule has 0 aliphatic carbocycles. The Morgan fingerprint density at radius 1 is 1.21 bits per heavy atom. The number of nitrogens with zero attached hydrogens (tertiary/aromatic N) is 3. The minimum Gasteiger partial charge on any atom is -0.475 e. The molecule has 1 aromatic heterocycles. The molecule has 34 heavy (non-hydrogen) atoms. The molecule has 3 aliphatic rings. The number of carbonyl (C=O) groups is 2. The van der Waals surface area contributed by atoms with E-state index in [0.717, 1.165) is 55.5 Å². The van der Waals surface area contributed by atoms with Crippen molar-refractivity contribution in [2.24, 2.45) is 5.41 Å². The van der Waals surface area contributed by atoms with E-state index in [0.29, 0.717) is 12.2 Å². The van der Waals surface area contributed by atoms with Crippen LogP contribution in [0.2, 0.25) is 0 Å². The molecule has 4 heterocycles. The van der Waals surface area contributed by atoms with Gasteiger partial charge < -0.3 is 24.0 Å². The molecule has 9 nitrogen and oxygen atoms in total. The summed E-state index contributed by atoms with van der Waals surface area (Å²) >= 11 is 0. The van der Waals surface area contributed by atoms with Crippen molar-refractivity contribution in [2.45, 2.75) is 39.4 Å². The number of halogens is 3. The zero-order chi connectivity index (χ0) is 24.7. The number of anilines is 1. The van der Waals surface area contributed by atoms with Gasteiger partial charge in [0.25, 0.3) is 0 Å². The Morgan fingerprint density at radius 3 is 2.56 bits per heavy atom. The van der Waals surface area contributed by atoms with Gasteiger partial charge in [0.15, 0.2) is 11.5 Å². The van der Waals surface area contributed by atoms with Crippen molar-refractivity contribution in [3.05, 3.63) is 35.2 Å². The molecule has 1 spiro atoms. The number of hydrogen-bond donors (Lipinski definition) is 1. The Morgan fingerprint density at radius 2 is 1.91 bits per heavy atom. The van der Waals surface area contributed by atoms with E-state index in [9.17, 15) is 18.0 Å². The lowest BCUT2D eigenvalue weighted by Crippen LogP contribution is -2.31. The van der Waals surface area contributed by atoms with Crippen LogP contribution in [-0.2, 0) is 16.1 Å². The second-order valence-electron chi connectivity index (χ2n) is 8.76. The van der Waals surface area contributed by atoms with Gasteiger partial charge in [-0.15, -0.1) is 0 Å². The lowest BCUT2D eigenvalue weighted by Gasteiger charge is -2.24. The number of aromatic nitrogens is 1. The quantitative estimate of drug-likeness (QED) is 0.709. The third-order valence-electron chi connectivity index (χ3n) is 6.31. The first-order chi connectivity index (χ1) is 16.0. The number of aryl methyl sites for hydroxylation is 2. The molecule has 2 saturated heterocycles. The monoisotopic (exact) mass is 483 g/mol. The summed E-state index contributed by atoms with van der Waals surface area (Å²) in [5, 5.41) is 11.2. The van der Waals surface area contributed by atoms with Crippen LogP contribution in [0.3, 0.4) is 0 Å². The Balaban J connectivity index is 0.000000344. The molecule has 0 bridgehead atoms. The molecule has 1 amide bonds. The molecular weight excluding hydrogens is 459 g/mol. The van der Waals surface area contributed by atoms with E-state index in [-0.39, 0.29) is 18.1 Å². The number of alkyl halides is 3. The fourth-order valence-electron chi connectivity index (χ4n) is 4.57. The molecule has 5 rings (SSSR count). The Bertz CT molecular complexity index is 1080. The lowest BCUT2D eigenvalue weighted by molar-refractivity contribution is -0.192. The van der Waals surface area contributed by atoms with Crippen molar-refractivity contribution in [3.8, 4) is 11.5 Å². The molecule has 0 saturated carbocycles. The zero-order valence-electron chi connectivity index (χ0n) is 18.6. The second kappa shape index (κ2) is 8.82. The predicted molar refractivity (Wildman–Crippen MR) is 112 cm³/mol. The highest BCUT2D eigenvalue weighted by molar-refractivity contribution is 5.96. The van der Waals surface area contributed by atoms with Gasteiger partial charge in [-0.3, -0.25) is 9.69 Å².